The van der Waals surface area contributed by atoms with E-state index in [-0.39, 0.29) is 31.2 Å². The Bertz CT molecular complexity index is 414. The molecule has 1 rings (SSSR count). The van der Waals surface area contributed by atoms with E-state index in [4.69, 9.17) is 9.63 Å². The molecule has 0 fully saturated rings. The average Bonchev–Trinajstić information content (AvgIpc) is 2.74. The second-order valence-electron chi connectivity index (χ2n) is 4.19. The summed E-state index contributed by atoms with van der Waals surface area (Å²) in [5.74, 6) is 0.0737. The van der Waals surface area contributed by atoms with Gasteiger partial charge in [0.15, 0.2) is 5.82 Å². The summed E-state index contributed by atoms with van der Waals surface area (Å²) in [7, 11) is 0. The van der Waals surface area contributed by atoms with Crippen LogP contribution in [0.5, 0.6) is 0 Å². The van der Waals surface area contributed by atoms with Crippen molar-refractivity contribution < 1.29 is 19.2 Å². The van der Waals surface area contributed by atoms with Crippen LogP contribution in [-0.4, -0.2) is 33.7 Å². The highest BCUT2D eigenvalue weighted by molar-refractivity contribution is 5.76. The molecule has 0 bridgehead atoms. The van der Waals surface area contributed by atoms with Gasteiger partial charge in [-0.3, -0.25) is 9.59 Å². The molecule has 0 aliphatic carbocycles. The Hall–Kier alpha value is -1.92. The van der Waals surface area contributed by atoms with Gasteiger partial charge < -0.3 is 14.9 Å². The highest BCUT2D eigenvalue weighted by Gasteiger charge is 2.11. The van der Waals surface area contributed by atoms with Crippen LogP contribution < -0.4 is 5.32 Å². The molecule has 0 radical (unpaired) electrons. The molecule has 0 atom stereocenters. The van der Waals surface area contributed by atoms with Crippen molar-refractivity contribution in [3.8, 4) is 0 Å². The summed E-state index contributed by atoms with van der Waals surface area (Å²) >= 11 is 0. The molecule has 1 heterocycles. The van der Waals surface area contributed by atoms with Gasteiger partial charge >= 0.3 is 5.97 Å². The van der Waals surface area contributed by atoms with Crippen molar-refractivity contribution in [3.63, 3.8) is 0 Å². The van der Waals surface area contributed by atoms with Crippen LogP contribution in [0, 0.1) is 0 Å². The van der Waals surface area contributed by atoms with Crippen molar-refractivity contribution in [2.24, 2.45) is 0 Å². The highest BCUT2D eigenvalue weighted by atomic mass is 16.5. The van der Waals surface area contributed by atoms with Crippen LogP contribution in [-0.2, 0) is 16.0 Å². The van der Waals surface area contributed by atoms with E-state index in [0.717, 1.165) is 0 Å². The molecule has 1 amide bonds. The Morgan fingerprint density at radius 2 is 2.11 bits per heavy atom. The maximum Gasteiger partial charge on any atom is 0.305 e. The fraction of sp³-hybridized carbons (Fsp3) is 0.636. The number of nitrogens with zero attached hydrogens (tertiary/aromatic N) is 2. The van der Waals surface area contributed by atoms with Crippen molar-refractivity contribution in [2.45, 2.75) is 39.0 Å². The number of carbonyl (C=O) groups excluding carboxylic acids is 1. The van der Waals surface area contributed by atoms with Crippen LogP contribution in [0.15, 0.2) is 4.52 Å². The number of aliphatic carboxylic acids is 1. The summed E-state index contributed by atoms with van der Waals surface area (Å²) in [5.41, 5.74) is 0. The topological polar surface area (TPSA) is 105 Å². The van der Waals surface area contributed by atoms with E-state index in [1.165, 1.54) is 0 Å². The van der Waals surface area contributed by atoms with Gasteiger partial charge in [-0.05, 0) is 0 Å². The van der Waals surface area contributed by atoms with Gasteiger partial charge in [0, 0.05) is 25.3 Å². The summed E-state index contributed by atoms with van der Waals surface area (Å²) in [5, 5.41) is 14.7. The number of aromatic nitrogens is 2. The Kier molecular flexibility index (Phi) is 5.29. The third kappa shape index (κ3) is 4.94. The molecule has 18 heavy (non-hydrogen) atoms. The molecule has 2 N–H and O–H groups in total. The quantitative estimate of drug-likeness (QED) is 0.743. The molecule has 100 valence electrons. The third-order valence-corrected chi connectivity index (χ3v) is 2.23. The number of amides is 1. The Morgan fingerprint density at radius 1 is 1.39 bits per heavy atom. The molecule has 0 saturated heterocycles. The van der Waals surface area contributed by atoms with Gasteiger partial charge in [0.05, 0.1) is 6.42 Å². The Morgan fingerprint density at radius 3 is 2.67 bits per heavy atom. The first kappa shape index (κ1) is 14.1. The van der Waals surface area contributed by atoms with E-state index < -0.39 is 5.97 Å². The first-order valence-electron chi connectivity index (χ1n) is 5.80. The van der Waals surface area contributed by atoms with E-state index in [1.54, 1.807) is 0 Å². The number of carbonyl (C=O) groups is 2. The molecule has 0 saturated carbocycles. The number of rotatable bonds is 7. The summed E-state index contributed by atoms with van der Waals surface area (Å²) in [6.07, 6.45) is 0.488. The van der Waals surface area contributed by atoms with Crippen molar-refractivity contribution in [3.05, 3.63) is 11.7 Å². The molecule has 0 unspecified atom stereocenters. The number of hydrogen-bond donors (Lipinski definition) is 2. The lowest BCUT2D eigenvalue weighted by atomic mass is 10.2. The molecule has 0 aliphatic rings. The summed E-state index contributed by atoms with van der Waals surface area (Å²) in [6.45, 7) is 4.04. The Labute approximate surface area is 105 Å². The van der Waals surface area contributed by atoms with Crippen molar-refractivity contribution in [1.29, 1.82) is 0 Å². The minimum Gasteiger partial charge on any atom is -0.481 e. The lowest BCUT2D eigenvalue weighted by Gasteiger charge is -2.01. The van der Waals surface area contributed by atoms with E-state index in [9.17, 15) is 9.59 Å². The van der Waals surface area contributed by atoms with Gasteiger partial charge in [-0.15, -0.1) is 0 Å². The average molecular weight is 255 g/mol. The standard InChI is InChI=1S/C11H17N3O4/c1-7(2)11-13-9(18-14-11)4-3-8(15)12-6-5-10(16)17/h7H,3-6H2,1-2H3,(H,12,15)(H,16,17). The number of carboxylic acids is 1. The lowest BCUT2D eigenvalue weighted by Crippen LogP contribution is -2.26. The second-order valence-corrected chi connectivity index (χ2v) is 4.19. The van der Waals surface area contributed by atoms with Gasteiger partial charge in [-0.2, -0.15) is 4.98 Å². The van der Waals surface area contributed by atoms with E-state index in [2.05, 4.69) is 15.5 Å². The highest BCUT2D eigenvalue weighted by Crippen LogP contribution is 2.10. The van der Waals surface area contributed by atoms with E-state index in [0.29, 0.717) is 18.1 Å². The molecular formula is C11H17N3O4. The maximum absolute atomic E-state index is 11.3. The van der Waals surface area contributed by atoms with Crippen LogP contribution in [0.3, 0.4) is 0 Å². The fourth-order valence-corrected chi connectivity index (χ4v) is 1.22. The van der Waals surface area contributed by atoms with Gasteiger partial charge in [-0.25, -0.2) is 0 Å². The molecule has 1 aromatic rings. The lowest BCUT2D eigenvalue weighted by molar-refractivity contribution is -0.136. The zero-order valence-corrected chi connectivity index (χ0v) is 10.5. The number of hydrogen-bond acceptors (Lipinski definition) is 5. The minimum absolute atomic E-state index is 0.0796. The molecule has 0 aromatic carbocycles. The van der Waals surface area contributed by atoms with Crippen molar-refractivity contribution in [2.75, 3.05) is 6.54 Å². The monoisotopic (exact) mass is 255 g/mol. The largest absolute Gasteiger partial charge is 0.481 e. The summed E-state index contributed by atoms with van der Waals surface area (Å²) < 4.78 is 4.98. The van der Waals surface area contributed by atoms with Crippen LogP contribution in [0.2, 0.25) is 0 Å². The smallest absolute Gasteiger partial charge is 0.305 e. The zero-order chi connectivity index (χ0) is 13.5. The summed E-state index contributed by atoms with van der Waals surface area (Å²) in [6, 6.07) is 0. The number of nitrogens with one attached hydrogen (secondary N) is 1. The van der Waals surface area contributed by atoms with Crippen LogP contribution >= 0.6 is 0 Å². The van der Waals surface area contributed by atoms with Crippen LogP contribution in [0.25, 0.3) is 0 Å². The van der Waals surface area contributed by atoms with Crippen molar-refractivity contribution in [1.82, 2.24) is 15.5 Å². The molecule has 7 heteroatoms. The third-order valence-electron chi connectivity index (χ3n) is 2.23. The molecule has 0 aliphatic heterocycles. The van der Waals surface area contributed by atoms with Gasteiger partial charge in [-0.1, -0.05) is 19.0 Å². The zero-order valence-electron chi connectivity index (χ0n) is 10.5. The van der Waals surface area contributed by atoms with Crippen molar-refractivity contribution >= 4 is 11.9 Å². The molecular weight excluding hydrogens is 238 g/mol. The molecule has 0 spiro atoms. The van der Waals surface area contributed by atoms with Gasteiger partial charge in [0.2, 0.25) is 11.8 Å². The van der Waals surface area contributed by atoms with Crippen LogP contribution in [0.1, 0.15) is 44.3 Å². The van der Waals surface area contributed by atoms with Crippen LogP contribution in [0.4, 0.5) is 0 Å². The SMILES string of the molecule is CC(C)c1noc(CCC(=O)NCCC(=O)O)n1. The predicted octanol–water partition coefficient (Wildman–Crippen LogP) is 0.717. The first-order chi connectivity index (χ1) is 8.49. The predicted molar refractivity (Wildman–Crippen MR) is 62.0 cm³/mol. The normalized spacial score (nSPS) is 10.6. The molecule has 7 nitrogen and oxygen atoms in total. The number of aryl methyl sites for hydroxylation is 1. The maximum atomic E-state index is 11.3. The van der Waals surface area contributed by atoms with E-state index in [1.807, 2.05) is 13.8 Å². The van der Waals surface area contributed by atoms with E-state index >= 15 is 0 Å². The Balaban J connectivity index is 2.27. The molecule has 1 aromatic heterocycles. The summed E-state index contributed by atoms with van der Waals surface area (Å²) in [4.78, 5) is 25.7. The first-order valence-corrected chi connectivity index (χ1v) is 5.80. The van der Waals surface area contributed by atoms with Gasteiger partial charge in [0.25, 0.3) is 0 Å². The second kappa shape index (κ2) is 6.73. The van der Waals surface area contributed by atoms with Gasteiger partial charge in [0.1, 0.15) is 0 Å². The number of carboxylic acid groups (broad SMARTS) is 1. The minimum atomic E-state index is -0.936. The fourth-order valence-electron chi connectivity index (χ4n) is 1.22.